The summed E-state index contributed by atoms with van der Waals surface area (Å²) in [5.74, 6) is 1.88. The van der Waals surface area contributed by atoms with Gasteiger partial charge >= 0.3 is 0 Å². The quantitative estimate of drug-likeness (QED) is 0.174. The maximum Gasteiger partial charge on any atom is 0.164 e. The van der Waals surface area contributed by atoms with E-state index in [-0.39, 0.29) is 0 Å². The van der Waals surface area contributed by atoms with Crippen molar-refractivity contribution in [2.24, 2.45) is 0 Å². The van der Waals surface area contributed by atoms with E-state index in [0.717, 1.165) is 65.6 Å². The van der Waals surface area contributed by atoms with Crippen molar-refractivity contribution < 1.29 is 4.42 Å². The van der Waals surface area contributed by atoms with Crippen LogP contribution in [0.5, 0.6) is 0 Å². The molecule has 0 aliphatic rings. The van der Waals surface area contributed by atoms with Crippen molar-refractivity contribution in [2.45, 2.75) is 0 Å². The first-order valence-corrected chi connectivity index (χ1v) is 17.8. The fourth-order valence-electron chi connectivity index (χ4n) is 7.88. The third-order valence-corrected chi connectivity index (χ3v) is 10.5. The standard InChI is InChI=1S/C49H29N3O/c1-2-10-30(11-3-1)38-24-25-43(41-15-7-6-14-40(38)41)49-51-47(34-21-19-32-28-44-42-16-8-9-17-45(42)53-46(44)29-36(32)27-34)50-48(52-49)35-22-23-39-33(26-35)20-18-31-12-4-5-13-37(31)39/h1-29H. The Bertz CT molecular complexity index is 3240. The molecule has 4 heteroatoms. The van der Waals surface area contributed by atoms with Gasteiger partial charge in [0.05, 0.1) is 0 Å². The van der Waals surface area contributed by atoms with Crippen LogP contribution in [0, 0.1) is 0 Å². The molecule has 0 N–H and O–H groups in total. The van der Waals surface area contributed by atoms with Crippen molar-refractivity contribution in [1.82, 2.24) is 15.0 Å². The van der Waals surface area contributed by atoms with Gasteiger partial charge in [0.2, 0.25) is 0 Å². The monoisotopic (exact) mass is 675 g/mol. The molecule has 0 saturated carbocycles. The predicted molar refractivity (Wildman–Crippen MR) is 219 cm³/mol. The van der Waals surface area contributed by atoms with Crippen LogP contribution >= 0.6 is 0 Å². The molecule has 0 radical (unpaired) electrons. The van der Waals surface area contributed by atoms with Gasteiger partial charge in [-0.15, -0.1) is 0 Å². The van der Waals surface area contributed by atoms with Gasteiger partial charge in [0.15, 0.2) is 17.5 Å². The number of furan rings is 1. The summed E-state index contributed by atoms with van der Waals surface area (Å²) >= 11 is 0. The maximum atomic E-state index is 6.26. The zero-order chi connectivity index (χ0) is 34.9. The Hall–Kier alpha value is -7.17. The van der Waals surface area contributed by atoms with Crippen molar-refractivity contribution in [1.29, 1.82) is 0 Å². The summed E-state index contributed by atoms with van der Waals surface area (Å²) in [5, 5.41) is 11.5. The first-order chi connectivity index (χ1) is 26.2. The number of hydrogen-bond donors (Lipinski definition) is 0. The second kappa shape index (κ2) is 11.7. The lowest BCUT2D eigenvalue weighted by atomic mass is 9.94. The number of aromatic nitrogens is 3. The van der Waals surface area contributed by atoms with E-state index in [1.54, 1.807) is 0 Å². The van der Waals surface area contributed by atoms with Crippen molar-refractivity contribution in [3.63, 3.8) is 0 Å². The summed E-state index contributed by atoms with van der Waals surface area (Å²) in [5.41, 5.74) is 6.91. The molecule has 0 aliphatic heterocycles. The Morgan fingerprint density at radius 1 is 0.283 bits per heavy atom. The number of nitrogens with zero attached hydrogens (tertiary/aromatic N) is 3. The summed E-state index contributed by atoms with van der Waals surface area (Å²) < 4.78 is 6.26. The van der Waals surface area contributed by atoms with Crippen LogP contribution in [-0.4, -0.2) is 15.0 Å². The van der Waals surface area contributed by atoms with Crippen molar-refractivity contribution >= 4 is 65.0 Å². The average Bonchev–Trinajstić information content (AvgIpc) is 3.59. The minimum atomic E-state index is 0.617. The normalized spacial score (nSPS) is 11.8. The van der Waals surface area contributed by atoms with Crippen LogP contribution in [0.3, 0.4) is 0 Å². The van der Waals surface area contributed by atoms with E-state index < -0.39 is 0 Å². The van der Waals surface area contributed by atoms with Gasteiger partial charge in [-0.25, -0.2) is 15.0 Å². The lowest BCUT2D eigenvalue weighted by Crippen LogP contribution is -2.01. The fraction of sp³-hybridized carbons (Fsp3) is 0. The Balaban J connectivity index is 1.12. The summed E-state index contributed by atoms with van der Waals surface area (Å²) in [7, 11) is 0. The summed E-state index contributed by atoms with van der Waals surface area (Å²) in [6, 6.07) is 61.7. The summed E-state index contributed by atoms with van der Waals surface area (Å²) in [6.45, 7) is 0. The van der Waals surface area contributed by atoms with Crippen LogP contribution in [0.25, 0.3) is 110 Å². The zero-order valence-electron chi connectivity index (χ0n) is 28.5. The van der Waals surface area contributed by atoms with E-state index in [4.69, 9.17) is 19.4 Å². The lowest BCUT2D eigenvalue weighted by molar-refractivity contribution is 0.669. The molecule has 0 spiro atoms. The maximum absolute atomic E-state index is 6.26. The second-order valence-corrected chi connectivity index (χ2v) is 13.6. The molecule has 0 unspecified atom stereocenters. The molecule has 2 aromatic heterocycles. The molecule has 0 aliphatic carbocycles. The van der Waals surface area contributed by atoms with Crippen LogP contribution in [-0.2, 0) is 0 Å². The molecule has 0 bridgehead atoms. The van der Waals surface area contributed by atoms with E-state index in [9.17, 15) is 0 Å². The van der Waals surface area contributed by atoms with Gasteiger partial charge in [-0.05, 0) is 90.6 Å². The second-order valence-electron chi connectivity index (χ2n) is 13.6. The van der Waals surface area contributed by atoms with Gasteiger partial charge in [-0.2, -0.15) is 0 Å². The van der Waals surface area contributed by atoms with Crippen LogP contribution < -0.4 is 0 Å². The molecular formula is C49H29N3O. The summed E-state index contributed by atoms with van der Waals surface area (Å²) in [4.78, 5) is 15.6. The minimum absolute atomic E-state index is 0.617. The van der Waals surface area contributed by atoms with E-state index in [2.05, 4.69) is 164 Å². The number of hydrogen-bond acceptors (Lipinski definition) is 4. The van der Waals surface area contributed by atoms with Gasteiger partial charge < -0.3 is 4.42 Å². The van der Waals surface area contributed by atoms with Gasteiger partial charge in [-0.3, -0.25) is 0 Å². The highest BCUT2D eigenvalue weighted by Gasteiger charge is 2.17. The molecule has 0 amide bonds. The van der Waals surface area contributed by atoms with Crippen molar-refractivity contribution in [3.8, 4) is 45.3 Å². The molecule has 4 nitrogen and oxygen atoms in total. The molecule has 9 aromatic carbocycles. The van der Waals surface area contributed by atoms with Crippen LogP contribution in [0.2, 0.25) is 0 Å². The van der Waals surface area contributed by atoms with Gasteiger partial charge in [0, 0.05) is 27.5 Å². The Morgan fingerprint density at radius 2 is 0.868 bits per heavy atom. The number of benzene rings is 9. The van der Waals surface area contributed by atoms with Crippen LogP contribution in [0.1, 0.15) is 0 Å². The highest BCUT2D eigenvalue weighted by Crippen LogP contribution is 2.38. The van der Waals surface area contributed by atoms with Crippen LogP contribution in [0.15, 0.2) is 180 Å². The van der Waals surface area contributed by atoms with E-state index >= 15 is 0 Å². The molecule has 0 fully saturated rings. The van der Waals surface area contributed by atoms with Crippen molar-refractivity contribution in [2.75, 3.05) is 0 Å². The molecule has 246 valence electrons. The highest BCUT2D eigenvalue weighted by molar-refractivity contribution is 6.11. The third kappa shape index (κ3) is 4.88. The zero-order valence-corrected chi connectivity index (χ0v) is 28.5. The first-order valence-electron chi connectivity index (χ1n) is 17.8. The highest BCUT2D eigenvalue weighted by atomic mass is 16.3. The average molecular weight is 676 g/mol. The molecule has 0 saturated heterocycles. The van der Waals surface area contributed by atoms with Crippen LogP contribution in [0.4, 0.5) is 0 Å². The topological polar surface area (TPSA) is 51.8 Å². The van der Waals surface area contributed by atoms with Gasteiger partial charge in [0.1, 0.15) is 11.2 Å². The fourth-order valence-corrected chi connectivity index (χ4v) is 7.88. The van der Waals surface area contributed by atoms with Gasteiger partial charge in [0.25, 0.3) is 0 Å². The third-order valence-electron chi connectivity index (χ3n) is 10.5. The van der Waals surface area contributed by atoms with Gasteiger partial charge in [-0.1, -0.05) is 140 Å². The number of para-hydroxylation sites is 1. The van der Waals surface area contributed by atoms with E-state index in [1.165, 1.54) is 27.3 Å². The molecular weight excluding hydrogens is 647 g/mol. The molecule has 11 aromatic rings. The molecule has 2 heterocycles. The lowest BCUT2D eigenvalue weighted by Gasteiger charge is -2.13. The van der Waals surface area contributed by atoms with E-state index in [1.807, 2.05) is 12.1 Å². The Labute approximate surface area is 304 Å². The summed E-state index contributed by atoms with van der Waals surface area (Å²) in [6.07, 6.45) is 0. The largest absolute Gasteiger partial charge is 0.456 e. The van der Waals surface area contributed by atoms with E-state index in [0.29, 0.717) is 17.5 Å². The number of fused-ring (bicyclic) bond motifs is 8. The minimum Gasteiger partial charge on any atom is -0.456 e. The Morgan fingerprint density at radius 3 is 1.70 bits per heavy atom. The molecule has 11 rings (SSSR count). The SMILES string of the molecule is c1ccc(-c2ccc(-c3nc(-c4ccc5cc6c(cc5c4)oc4ccccc46)nc(-c4ccc5c(ccc6ccccc65)c4)n3)c3ccccc23)cc1. The first kappa shape index (κ1) is 29.5. The predicted octanol–water partition coefficient (Wildman–Crippen LogP) is 13.1. The number of rotatable bonds is 4. The Kier molecular flexibility index (Phi) is 6.52. The molecule has 53 heavy (non-hydrogen) atoms. The molecule has 0 atom stereocenters. The van der Waals surface area contributed by atoms with Crippen molar-refractivity contribution in [3.05, 3.63) is 176 Å². The smallest absolute Gasteiger partial charge is 0.164 e.